The smallest absolute Gasteiger partial charge is 0.268 e. The molecular formula is C54H111N2O6P. The zero-order valence-electron chi connectivity index (χ0n) is 43.1. The monoisotopic (exact) mass is 915 g/mol. The topological polar surface area (TPSA) is 108 Å². The third-order valence-electron chi connectivity index (χ3n) is 13.1. The minimum Gasteiger partial charge on any atom is -0.756 e. The Balaban J connectivity index is 3.98. The summed E-state index contributed by atoms with van der Waals surface area (Å²) in [5, 5.41) is 14.0. The average Bonchev–Trinajstić information content (AvgIpc) is 3.24. The summed E-state index contributed by atoms with van der Waals surface area (Å²) >= 11 is 0. The zero-order valence-corrected chi connectivity index (χ0v) is 44.0. The molecule has 9 heteroatoms. The third kappa shape index (κ3) is 49.2. The number of hydrogen-bond donors (Lipinski definition) is 2. The molecule has 0 bridgehead atoms. The molecule has 0 heterocycles. The fraction of sp³-hybridized carbons (Fsp3) is 0.981. The Morgan fingerprint density at radius 3 is 1.08 bits per heavy atom. The molecule has 1 amide bonds. The van der Waals surface area contributed by atoms with Gasteiger partial charge in [-0.1, -0.05) is 271 Å². The van der Waals surface area contributed by atoms with Gasteiger partial charge >= 0.3 is 0 Å². The molecule has 0 saturated heterocycles. The maximum atomic E-state index is 12.9. The molecule has 0 aromatic rings. The number of nitrogens with zero attached hydrogens (tertiary/aromatic N) is 1. The molecule has 0 aliphatic heterocycles. The molecule has 8 nitrogen and oxygen atoms in total. The quantitative estimate of drug-likeness (QED) is 0.0357. The van der Waals surface area contributed by atoms with Crippen molar-refractivity contribution in [2.75, 3.05) is 40.9 Å². The first-order valence-corrected chi connectivity index (χ1v) is 29.3. The lowest BCUT2D eigenvalue weighted by molar-refractivity contribution is -0.870. The summed E-state index contributed by atoms with van der Waals surface area (Å²) in [6, 6.07) is -0.793. The van der Waals surface area contributed by atoms with Crippen LogP contribution in [0.4, 0.5) is 0 Å². The van der Waals surface area contributed by atoms with Crippen LogP contribution in [0.3, 0.4) is 0 Å². The number of carbonyl (C=O) groups is 1. The maximum Gasteiger partial charge on any atom is 0.268 e. The first kappa shape index (κ1) is 62.5. The van der Waals surface area contributed by atoms with E-state index in [9.17, 15) is 19.4 Å². The molecule has 0 radical (unpaired) electrons. The minimum atomic E-state index is -4.56. The molecule has 0 spiro atoms. The average molecular weight is 915 g/mol. The van der Waals surface area contributed by atoms with Gasteiger partial charge in [0.25, 0.3) is 7.82 Å². The summed E-state index contributed by atoms with van der Waals surface area (Å²) in [5.74, 6) is -0.158. The van der Waals surface area contributed by atoms with E-state index >= 15 is 0 Å². The number of aliphatic hydroxyl groups is 1. The lowest BCUT2D eigenvalue weighted by atomic mass is 10.0. The van der Waals surface area contributed by atoms with Crippen LogP contribution < -0.4 is 10.2 Å². The predicted octanol–water partition coefficient (Wildman–Crippen LogP) is 15.9. The van der Waals surface area contributed by atoms with Gasteiger partial charge in [-0.25, -0.2) is 0 Å². The van der Waals surface area contributed by atoms with Crippen LogP contribution >= 0.6 is 7.82 Å². The fourth-order valence-corrected chi connectivity index (χ4v) is 9.41. The number of hydrogen-bond acceptors (Lipinski definition) is 6. The van der Waals surface area contributed by atoms with Crippen molar-refractivity contribution in [2.24, 2.45) is 0 Å². The summed E-state index contributed by atoms with van der Waals surface area (Å²) < 4.78 is 23.3. The van der Waals surface area contributed by atoms with E-state index in [2.05, 4.69) is 19.2 Å². The number of quaternary nitrogens is 1. The van der Waals surface area contributed by atoms with E-state index in [1.54, 1.807) is 0 Å². The number of likely N-dealkylation sites (N-methyl/N-ethyl adjacent to an activating group) is 1. The van der Waals surface area contributed by atoms with Crippen molar-refractivity contribution in [1.82, 2.24) is 5.32 Å². The molecule has 0 aromatic heterocycles. The second kappa shape index (κ2) is 46.6. The highest BCUT2D eigenvalue weighted by molar-refractivity contribution is 7.45. The molecule has 0 rings (SSSR count). The minimum absolute atomic E-state index is 0.0163. The summed E-state index contributed by atoms with van der Waals surface area (Å²) in [5.41, 5.74) is 0. The Morgan fingerprint density at radius 2 is 0.778 bits per heavy atom. The summed E-state index contributed by atoms with van der Waals surface area (Å²) in [4.78, 5) is 25.4. The molecular weight excluding hydrogens is 804 g/mol. The van der Waals surface area contributed by atoms with Gasteiger partial charge in [0.05, 0.1) is 39.9 Å². The molecule has 0 aliphatic carbocycles. The van der Waals surface area contributed by atoms with Crippen molar-refractivity contribution in [3.05, 3.63) is 0 Å². The van der Waals surface area contributed by atoms with Crippen LogP contribution in [-0.2, 0) is 18.4 Å². The zero-order chi connectivity index (χ0) is 46.4. The Bertz CT molecular complexity index is 994. The molecule has 63 heavy (non-hydrogen) atoms. The summed E-state index contributed by atoms with van der Waals surface area (Å²) in [6.45, 7) is 4.76. The molecule has 3 atom stereocenters. The highest BCUT2D eigenvalue weighted by Gasteiger charge is 2.24. The van der Waals surface area contributed by atoms with E-state index in [4.69, 9.17) is 9.05 Å². The van der Waals surface area contributed by atoms with Crippen LogP contribution in [0.15, 0.2) is 0 Å². The number of nitrogens with one attached hydrogen (secondary N) is 1. The Kier molecular flexibility index (Phi) is 46.2. The van der Waals surface area contributed by atoms with Gasteiger partial charge < -0.3 is 28.8 Å². The number of aliphatic hydroxyl groups excluding tert-OH is 1. The Morgan fingerprint density at radius 1 is 0.492 bits per heavy atom. The van der Waals surface area contributed by atoms with Gasteiger partial charge in [0, 0.05) is 6.42 Å². The standard InChI is InChI=1S/C54H111N2O6P/c1-6-8-10-12-14-16-18-20-21-22-23-24-25-26-27-28-29-30-31-32-33-34-35-36-38-40-42-44-46-48-54(58)55-52(51-62-63(59,60)61-50-49-56(3,4)5)53(57)47-45-43-41-39-37-19-17-15-13-11-9-7-2/h52-53,57H,6-51H2,1-5H3,(H-,55,58,59,60). The van der Waals surface area contributed by atoms with Crippen molar-refractivity contribution >= 4 is 13.7 Å². The van der Waals surface area contributed by atoms with Crippen molar-refractivity contribution in [2.45, 2.75) is 302 Å². The number of rotatable bonds is 52. The van der Waals surface area contributed by atoms with Crippen molar-refractivity contribution in [3.8, 4) is 0 Å². The van der Waals surface area contributed by atoms with Gasteiger partial charge in [-0.3, -0.25) is 9.36 Å². The van der Waals surface area contributed by atoms with Crippen LogP contribution in [0.5, 0.6) is 0 Å². The van der Waals surface area contributed by atoms with Gasteiger partial charge in [0.15, 0.2) is 0 Å². The summed E-state index contributed by atoms with van der Waals surface area (Å²) in [6.07, 6.45) is 54.3. The van der Waals surface area contributed by atoms with Crippen LogP contribution in [0.1, 0.15) is 290 Å². The number of unbranched alkanes of at least 4 members (excludes halogenated alkanes) is 39. The first-order valence-electron chi connectivity index (χ1n) is 27.9. The largest absolute Gasteiger partial charge is 0.756 e. The Hall–Kier alpha value is -0.500. The van der Waals surface area contributed by atoms with Gasteiger partial charge in [-0.15, -0.1) is 0 Å². The van der Waals surface area contributed by atoms with Crippen LogP contribution in [-0.4, -0.2) is 68.5 Å². The highest BCUT2D eigenvalue weighted by Crippen LogP contribution is 2.38. The second-order valence-corrected chi connectivity index (χ2v) is 22.1. The van der Waals surface area contributed by atoms with Crippen LogP contribution in [0.25, 0.3) is 0 Å². The lowest BCUT2D eigenvalue weighted by Crippen LogP contribution is -2.46. The molecule has 0 aromatic carbocycles. The molecule has 0 aliphatic rings. The van der Waals surface area contributed by atoms with Crippen LogP contribution in [0, 0.1) is 0 Å². The van der Waals surface area contributed by atoms with Crippen molar-refractivity contribution in [1.29, 1.82) is 0 Å². The number of phosphoric ester groups is 1. The van der Waals surface area contributed by atoms with Crippen molar-refractivity contribution < 1.29 is 32.9 Å². The van der Waals surface area contributed by atoms with Gasteiger partial charge in [0.1, 0.15) is 13.2 Å². The predicted molar refractivity (Wildman–Crippen MR) is 270 cm³/mol. The van der Waals surface area contributed by atoms with E-state index in [-0.39, 0.29) is 19.1 Å². The number of carbonyl (C=O) groups excluding carboxylic acids is 1. The number of phosphoric acid groups is 1. The molecule has 0 saturated carbocycles. The second-order valence-electron chi connectivity index (χ2n) is 20.7. The van der Waals surface area contributed by atoms with Crippen LogP contribution in [0.2, 0.25) is 0 Å². The number of amides is 1. The first-order chi connectivity index (χ1) is 30.5. The van der Waals surface area contributed by atoms with E-state index < -0.39 is 20.0 Å². The van der Waals surface area contributed by atoms with Gasteiger partial charge in [-0.05, 0) is 12.8 Å². The highest BCUT2D eigenvalue weighted by atomic mass is 31.2. The maximum absolute atomic E-state index is 12.9. The van der Waals surface area contributed by atoms with Gasteiger partial charge in [0.2, 0.25) is 5.91 Å². The van der Waals surface area contributed by atoms with E-state index in [1.807, 2.05) is 21.1 Å². The summed E-state index contributed by atoms with van der Waals surface area (Å²) in [7, 11) is 1.32. The SMILES string of the molecule is CCCCCCCCCCCCCCCCCCCCCCCCCCCCCCCC(=O)NC(COP(=O)([O-])OCC[N+](C)(C)C)C(O)CCCCCCCCCCCCCC. The van der Waals surface area contributed by atoms with Crippen molar-refractivity contribution in [3.63, 3.8) is 0 Å². The van der Waals surface area contributed by atoms with Gasteiger partial charge in [-0.2, -0.15) is 0 Å². The molecule has 378 valence electrons. The van der Waals surface area contributed by atoms with E-state index in [1.165, 1.54) is 225 Å². The fourth-order valence-electron chi connectivity index (χ4n) is 8.69. The third-order valence-corrected chi connectivity index (χ3v) is 14.1. The lowest BCUT2D eigenvalue weighted by Gasteiger charge is -2.30. The van der Waals surface area contributed by atoms with E-state index in [0.29, 0.717) is 23.9 Å². The molecule has 2 N–H and O–H groups in total. The van der Waals surface area contributed by atoms with E-state index in [0.717, 1.165) is 38.5 Å². The molecule has 0 fully saturated rings. The molecule has 3 unspecified atom stereocenters. The Labute approximate surface area is 393 Å². The normalized spacial score (nSPS) is 14.0.